The summed E-state index contributed by atoms with van der Waals surface area (Å²) in [6.07, 6.45) is 1.12. The van der Waals surface area contributed by atoms with E-state index in [2.05, 4.69) is 5.32 Å². The lowest BCUT2D eigenvalue weighted by Crippen LogP contribution is -2.48. The topological polar surface area (TPSA) is 96.0 Å². The van der Waals surface area contributed by atoms with Crippen molar-refractivity contribution >= 4 is 27.5 Å². The Kier molecular flexibility index (Phi) is 10.7. The SMILES string of the molecule is COc1cccc(CN(C(=O)CCCN(c2ccccc2F)S(C)(=O)=O)C(C)C(=O)NCC(C)C)c1. The van der Waals surface area contributed by atoms with Gasteiger partial charge >= 0.3 is 0 Å². The highest BCUT2D eigenvalue weighted by Gasteiger charge is 2.27. The predicted molar refractivity (Wildman–Crippen MR) is 139 cm³/mol. The third kappa shape index (κ3) is 8.51. The Bertz CT molecular complexity index is 1140. The number of halogens is 1. The Morgan fingerprint density at radius 2 is 1.78 bits per heavy atom. The maximum Gasteiger partial charge on any atom is 0.242 e. The van der Waals surface area contributed by atoms with E-state index in [4.69, 9.17) is 4.74 Å². The molecule has 0 spiro atoms. The van der Waals surface area contributed by atoms with Gasteiger partial charge in [0.05, 0.1) is 19.1 Å². The zero-order valence-electron chi connectivity index (χ0n) is 21.5. The fraction of sp³-hybridized carbons (Fsp3) is 0.462. The summed E-state index contributed by atoms with van der Waals surface area (Å²) >= 11 is 0. The van der Waals surface area contributed by atoms with E-state index in [0.29, 0.717) is 12.3 Å². The highest BCUT2D eigenvalue weighted by atomic mass is 32.2. The second-order valence-corrected chi connectivity index (χ2v) is 11.0. The molecule has 1 N–H and O–H groups in total. The first-order valence-electron chi connectivity index (χ1n) is 11.9. The number of anilines is 1. The molecule has 0 heterocycles. The van der Waals surface area contributed by atoms with Crippen molar-refractivity contribution in [1.29, 1.82) is 0 Å². The van der Waals surface area contributed by atoms with Crippen LogP contribution in [0.15, 0.2) is 48.5 Å². The molecule has 10 heteroatoms. The van der Waals surface area contributed by atoms with Crippen LogP contribution in [0.2, 0.25) is 0 Å². The van der Waals surface area contributed by atoms with Gasteiger partial charge in [-0.05, 0) is 49.1 Å². The van der Waals surface area contributed by atoms with Crippen molar-refractivity contribution in [3.8, 4) is 5.75 Å². The largest absolute Gasteiger partial charge is 0.497 e. The van der Waals surface area contributed by atoms with Crippen molar-refractivity contribution in [2.45, 2.75) is 46.2 Å². The summed E-state index contributed by atoms with van der Waals surface area (Å²) in [4.78, 5) is 27.5. The van der Waals surface area contributed by atoms with Crippen LogP contribution in [-0.2, 0) is 26.2 Å². The minimum absolute atomic E-state index is 0.0216. The second kappa shape index (κ2) is 13.2. The maximum absolute atomic E-state index is 14.3. The Balaban J connectivity index is 2.19. The van der Waals surface area contributed by atoms with Crippen molar-refractivity contribution in [3.63, 3.8) is 0 Å². The van der Waals surface area contributed by atoms with E-state index in [1.54, 1.807) is 38.3 Å². The van der Waals surface area contributed by atoms with Crippen LogP contribution < -0.4 is 14.4 Å². The van der Waals surface area contributed by atoms with Crippen molar-refractivity contribution < 1.29 is 27.1 Å². The van der Waals surface area contributed by atoms with E-state index in [9.17, 15) is 22.4 Å². The molecule has 0 saturated heterocycles. The van der Waals surface area contributed by atoms with Gasteiger partial charge in [0, 0.05) is 26.1 Å². The average molecular weight is 522 g/mol. The van der Waals surface area contributed by atoms with Gasteiger partial charge in [0.2, 0.25) is 21.8 Å². The number of carbonyl (C=O) groups is 2. The van der Waals surface area contributed by atoms with E-state index in [-0.39, 0.29) is 49.4 Å². The summed E-state index contributed by atoms with van der Waals surface area (Å²) in [5.74, 6) is -0.366. The first kappa shape index (κ1) is 29.1. The molecule has 36 heavy (non-hydrogen) atoms. The predicted octanol–water partition coefficient (Wildman–Crippen LogP) is 3.57. The molecule has 0 radical (unpaired) electrons. The summed E-state index contributed by atoms with van der Waals surface area (Å²) in [5, 5.41) is 2.86. The first-order valence-corrected chi connectivity index (χ1v) is 13.7. The maximum atomic E-state index is 14.3. The number of amides is 2. The minimum atomic E-state index is -3.77. The molecule has 0 aliphatic rings. The molecule has 0 bridgehead atoms. The lowest BCUT2D eigenvalue weighted by molar-refractivity contribution is -0.140. The number of hydrogen-bond donors (Lipinski definition) is 1. The van der Waals surface area contributed by atoms with Gasteiger partial charge < -0.3 is 15.0 Å². The van der Waals surface area contributed by atoms with Crippen LogP contribution in [0.3, 0.4) is 0 Å². The van der Waals surface area contributed by atoms with Crippen molar-refractivity contribution in [1.82, 2.24) is 10.2 Å². The van der Waals surface area contributed by atoms with Crippen LogP contribution in [0.25, 0.3) is 0 Å². The monoisotopic (exact) mass is 521 g/mol. The zero-order chi connectivity index (χ0) is 26.9. The van der Waals surface area contributed by atoms with Gasteiger partial charge in [-0.1, -0.05) is 38.1 Å². The van der Waals surface area contributed by atoms with Gasteiger partial charge in [-0.3, -0.25) is 13.9 Å². The lowest BCUT2D eigenvalue weighted by Gasteiger charge is -2.30. The molecule has 0 aromatic heterocycles. The Hall–Kier alpha value is -3.14. The molecular weight excluding hydrogens is 485 g/mol. The zero-order valence-corrected chi connectivity index (χ0v) is 22.3. The highest BCUT2D eigenvalue weighted by molar-refractivity contribution is 7.92. The third-order valence-electron chi connectivity index (χ3n) is 5.61. The number of sulfonamides is 1. The normalized spacial score (nSPS) is 12.2. The first-order chi connectivity index (χ1) is 16.9. The molecule has 0 saturated carbocycles. The molecule has 1 unspecified atom stereocenters. The van der Waals surface area contributed by atoms with Crippen molar-refractivity contribution in [3.05, 3.63) is 59.9 Å². The van der Waals surface area contributed by atoms with E-state index >= 15 is 0 Å². The third-order valence-corrected chi connectivity index (χ3v) is 6.79. The van der Waals surface area contributed by atoms with Gasteiger partial charge in [-0.2, -0.15) is 0 Å². The quantitative estimate of drug-likeness (QED) is 0.435. The van der Waals surface area contributed by atoms with Gasteiger partial charge in [0.25, 0.3) is 0 Å². The van der Waals surface area contributed by atoms with E-state index in [0.717, 1.165) is 16.1 Å². The Morgan fingerprint density at radius 1 is 1.08 bits per heavy atom. The number of nitrogens with one attached hydrogen (secondary N) is 1. The summed E-state index contributed by atoms with van der Waals surface area (Å²) in [6.45, 7) is 6.20. The Morgan fingerprint density at radius 3 is 2.39 bits per heavy atom. The molecule has 0 aliphatic carbocycles. The number of carbonyl (C=O) groups excluding carboxylic acids is 2. The van der Waals surface area contributed by atoms with Crippen LogP contribution in [0, 0.1) is 11.7 Å². The van der Waals surface area contributed by atoms with Crippen LogP contribution in [0.1, 0.15) is 39.2 Å². The minimum Gasteiger partial charge on any atom is -0.497 e. The number of nitrogens with zero attached hydrogens (tertiary/aromatic N) is 2. The van der Waals surface area contributed by atoms with Crippen LogP contribution in [0.4, 0.5) is 10.1 Å². The van der Waals surface area contributed by atoms with Crippen molar-refractivity contribution in [2.75, 3.05) is 30.8 Å². The Labute approximate surface area is 213 Å². The molecular formula is C26H36FN3O5S. The molecule has 2 amide bonds. The summed E-state index contributed by atoms with van der Waals surface area (Å²) in [7, 11) is -2.22. The molecule has 2 aromatic carbocycles. The molecule has 1 atom stereocenters. The summed E-state index contributed by atoms with van der Waals surface area (Å²) < 4.78 is 45.1. The average Bonchev–Trinajstić information content (AvgIpc) is 2.83. The fourth-order valence-corrected chi connectivity index (χ4v) is 4.61. The molecule has 2 aromatic rings. The second-order valence-electron chi connectivity index (χ2n) is 9.08. The standard InChI is InChI=1S/C26H36FN3O5S/c1-19(2)17-28-26(32)20(3)29(18-21-10-8-11-22(16-21)35-4)25(31)14-9-15-30(36(5,33)34)24-13-7-6-12-23(24)27/h6-8,10-13,16,19-20H,9,14-15,17-18H2,1-5H3,(H,28,32). The van der Waals surface area contributed by atoms with Gasteiger partial charge in [0.15, 0.2) is 0 Å². The highest BCUT2D eigenvalue weighted by Crippen LogP contribution is 2.22. The number of para-hydroxylation sites is 1. The van der Waals surface area contributed by atoms with Crippen LogP contribution >= 0.6 is 0 Å². The van der Waals surface area contributed by atoms with E-state index in [1.807, 2.05) is 19.9 Å². The van der Waals surface area contributed by atoms with E-state index < -0.39 is 21.9 Å². The molecule has 2 rings (SSSR count). The number of methoxy groups -OCH3 is 1. The lowest BCUT2D eigenvalue weighted by atomic mass is 10.1. The number of ether oxygens (including phenoxy) is 1. The molecule has 8 nitrogen and oxygen atoms in total. The van der Waals surface area contributed by atoms with Gasteiger partial charge in [-0.15, -0.1) is 0 Å². The molecule has 198 valence electrons. The number of hydrogen-bond acceptors (Lipinski definition) is 5. The fourth-order valence-electron chi connectivity index (χ4n) is 3.64. The number of rotatable bonds is 13. The smallest absolute Gasteiger partial charge is 0.242 e. The molecule has 0 fully saturated rings. The summed E-state index contributed by atoms with van der Waals surface area (Å²) in [5.41, 5.74) is 0.720. The summed E-state index contributed by atoms with van der Waals surface area (Å²) in [6, 6.07) is 12.1. The van der Waals surface area contributed by atoms with E-state index in [1.165, 1.54) is 23.1 Å². The van der Waals surface area contributed by atoms with Gasteiger partial charge in [0.1, 0.15) is 17.6 Å². The van der Waals surface area contributed by atoms with Crippen LogP contribution in [-0.4, -0.2) is 57.6 Å². The van der Waals surface area contributed by atoms with Crippen LogP contribution in [0.5, 0.6) is 5.75 Å². The van der Waals surface area contributed by atoms with Crippen molar-refractivity contribution in [2.24, 2.45) is 5.92 Å². The number of benzene rings is 2. The van der Waals surface area contributed by atoms with Gasteiger partial charge in [-0.25, -0.2) is 12.8 Å². The molecule has 0 aliphatic heterocycles.